The summed E-state index contributed by atoms with van der Waals surface area (Å²) in [6.07, 6.45) is 2.19. The SMILES string of the molecule is NC(N)=NC(=O)OCc1cccc(N2CCN(c3cnc(N4CC[C@@H](F)C4)nc3)CC2)c1F. The number of hydrogen-bond acceptors (Lipinski definition) is 7. The lowest BCUT2D eigenvalue weighted by Crippen LogP contribution is -2.47. The zero-order chi connectivity index (χ0) is 23.4. The minimum Gasteiger partial charge on any atom is -0.443 e. The summed E-state index contributed by atoms with van der Waals surface area (Å²) in [5.41, 5.74) is 11.8. The average Bonchev–Trinajstić information content (AvgIpc) is 3.24. The van der Waals surface area contributed by atoms with Gasteiger partial charge in [0.05, 0.1) is 30.3 Å². The highest BCUT2D eigenvalue weighted by atomic mass is 19.1. The van der Waals surface area contributed by atoms with Crippen LogP contribution in [0.3, 0.4) is 0 Å². The number of guanidine groups is 1. The summed E-state index contributed by atoms with van der Waals surface area (Å²) in [5.74, 6) is -0.332. The van der Waals surface area contributed by atoms with Gasteiger partial charge in [0.15, 0.2) is 11.8 Å². The second-order valence-corrected chi connectivity index (χ2v) is 7.89. The van der Waals surface area contributed by atoms with Crippen molar-refractivity contribution in [2.75, 3.05) is 54.0 Å². The topological polar surface area (TPSA) is 126 Å². The smallest absolute Gasteiger partial charge is 0.437 e. The van der Waals surface area contributed by atoms with Crippen LogP contribution in [-0.2, 0) is 11.3 Å². The van der Waals surface area contributed by atoms with Crippen molar-refractivity contribution in [1.29, 1.82) is 0 Å². The van der Waals surface area contributed by atoms with E-state index in [1.165, 1.54) is 0 Å². The summed E-state index contributed by atoms with van der Waals surface area (Å²) >= 11 is 0. The van der Waals surface area contributed by atoms with E-state index >= 15 is 4.39 Å². The van der Waals surface area contributed by atoms with Crippen LogP contribution in [0.2, 0.25) is 0 Å². The number of anilines is 3. The third kappa shape index (κ3) is 5.38. The highest BCUT2D eigenvalue weighted by Gasteiger charge is 2.25. The van der Waals surface area contributed by atoms with Crippen LogP contribution >= 0.6 is 0 Å². The summed E-state index contributed by atoms with van der Waals surface area (Å²) in [5, 5.41) is 0. The second-order valence-electron chi connectivity index (χ2n) is 7.89. The molecular formula is C21H26F2N8O2. The number of carbonyl (C=O) groups is 1. The molecule has 0 aliphatic carbocycles. The minimum atomic E-state index is -0.976. The van der Waals surface area contributed by atoms with E-state index in [4.69, 9.17) is 16.2 Å². The third-order valence-electron chi connectivity index (χ3n) is 5.65. The van der Waals surface area contributed by atoms with Crippen molar-refractivity contribution in [3.05, 3.63) is 42.0 Å². The Bertz CT molecular complexity index is 1010. The maximum absolute atomic E-state index is 15.0. The molecule has 0 bridgehead atoms. The van der Waals surface area contributed by atoms with Gasteiger partial charge in [0.1, 0.15) is 12.8 Å². The van der Waals surface area contributed by atoms with E-state index in [9.17, 15) is 9.18 Å². The Morgan fingerprint density at radius 3 is 2.42 bits per heavy atom. The first-order valence-corrected chi connectivity index (χ1v) is 10.7. The molecular weight excluding hydrogens is 434 g/mol. The van der Waals surface area contributed by atoms with Crippen LogP contribution in [0.15, 0.2) is 35.6 Å². The summed E-state index contributed by atoms with van der Waals surface area (Å²) < 4.78 is 33.3. The molecule has 176 valence electrons. The Morgan fingerprint density at radius 1 is 1.09 bits per heavy atom. The number of aliphatic imine (C=N–C) groups is 1. The van der Waals surface area contributed by atoms with E-state index in [2.05, 4.69) is 19.9 Å². The fraction of sp³-hybridized carbons (Fsp3) is 0.429. The van der Waals surface area contributed by atoms with E-state index < -0.39 is 24.0 Å². The van der Waals surface area contributed by atoms with Crippen molar-refractivity contribution < 1.29 is 18.3 Å². The summed E-state index contributed by atoms with van der Waals surface area (Å²) in [6, 6.07) is 4.95. The van der Waals surface area contributed by atoms with Crippen LogP contribution in [0.1, 0.15) is 12.0 Å². The van der Waals surface area contributed by atoms with Crippen molar-refractivity contribution in [3.8, 4) is 0 Å². The number of carbonyl (C=O) groups excluding carboxylic acids is 1. The Balaban J connectivity index is 1.35. The van der Waals surface area contributed by atoms with Crippen LogP contribution < -0.4 is 26.2 Å². The molecule has 2 aromatic rings. The summed E-state index contributed by atoms with van der Waals surface area (Å²) in [6.45, 7) is 3.16. The number of alkyl halides is 1. The first kappa shape index (κ1) is 22.5. The normalized spacial score (nSPS) is 18.4. The van der Waals surface area contributed by atoms with Crippen LogP contribution in [0.4, 0.5) is 30.9 Å². The number of nitrogens with zero attached hydrogens (tertiary/aromatic N) is 6. The lowest BCUT2D eigenvalue weighted by Gasteiger charge is -2.37. The van der Waals surface area contributed by atoms with Gasteiger partial charge >= 0.3 is 6.09 Å². The average molecular weight is 460 g/mol. The summed E-state index contributed by atoms with van der Waals surface area (Å²) in [4.78, 5) is 29.4. The number of rotatable bonds is 5. The van der Waals surface area contributed by atoms with Crippen LogP contribution in [0.25, 0.3) is 0 Å². The largest absolute Gasteiger partial charge is 0.443 e. The van der Waals surface area contributed by atoms with Gasteiger partial charge in [-0.3, -0.25) is 0 Å². The number of nitrogens with two attached hydrogens (primary N) is 2. The molecule has 1 amide bonds. The van der Waals surface area contributed by atoms with Crippen LogP contribution in [0, 0.1) is 5.82 Å². The molecule has 0 saturated carbocycles. The Labute approximate surface area is 189 Å². The van der Waals surface area contributed by atoms with Gasteiger partial charge in [0.2, 0.25) is 5.95 Å². The van der Waals surface area contributed by atoms with Crippen molar-refractivity contribution in [3.63, 3.8) is 0 Å². The molecule has 33 heavy (non-hydrogen) atoms. The van der Waals surface area contributed by atoms with Gasteiger partial charge < -0.3 is 30.9 Å². The molecule has 10 nitrogen and oxygen atoms in total. The van der Waals surface area contributed by atoms with Crippen molar-refractivity contribution in [1.82, 2.24) is 9.97 Å². The predicted octanol–water partition coefficient (Wildman–Crippen LogP) is 1.40. The minimum absolute atomic E-state index is 0.232. The van der Waals surface area contributed by atoms with Crippen molar-refractivity contribution in [2.45, 2.75) is 19.2 Å². The van der Waals surface area contributed by atoms with Gasteiger partial charge in [-0.05, 0) is 12.5 Å². The number of aromatic nitrogens is 2. The number of piperazine rings is 1. The fourth-order valence-corrected chi connectivity index (χ4v) is 3.94. The molecule has 0 unspecified atom stereocenters. The number of halogens is 2. The molecule has 4 N–H and O–H groups in total. The molecule has 1 aromatic heterocycles. The molecule has 4 rings (SSSR count). The van der Waals surface area contributed by atoms with Crippen molar-refractivity contribution in [2.24, 2.45) is 16.5 Å². The zero-order valence-electron chi connectivity index (χ0n) is 18.0. The van der Waals surface area contributed by atoms with Crippen LogP contribution in [0.5, 0.6) is 0 Å². The Kier molecular flexibility index (Phi) is 6.71. The maximum Gasteiger partial charge on any atom is 0.437 e. The number of amides is 1. The van der Waals surface area contributed by atoms with Gasteiger partial charge in [-0.15, -0.1) is 4.99 Å². The molecule has 2 saturated heterocycles. The lowest BCUT2D eigenvalue weighted by molar-refractivity contribution is 0.149. The lowest BCUT2D eigenvalue weighted by atomic mass is 10.1. The maximum atomic E-state index is 15.0. The molecule has 1 atom stereocenters. The zero-order valence-corrected chi connectivity index (χ0v) is 18.0. The molecule has 1 aromatic carbocycles. The third-order valence-corrected chi connectivity index (χ3v) is 5.65. The quantitative estimate of drug-likeness (QED) is 0.503. The number of benzene rings is 1. The Hall–Kier alpha value is -3.70. The van der Waals surface area contributed by atoms with Gasteiger partial charge in [-0.25, -0.2) is 23.5 Å². The number of hydrogen-bond donors (Lipinski definition) is 2. The number of ether oxygens (including phenoxy) is 1. The highest BCUT2D eigenvalue weighted by Crippen LogP contribution is 2.26. The van der Waals surface area contributed by atoms with E-state index in [1.54, 1.807) is 30.6 Å². The molecule has 2 fully saturated rings. The van der Waals surface area contributed by atoms with Crippen molar-refractivity contribution >= 4 is 29.4 Å². The summed E-state index contributed by atoms with van der Waals surface area (Å²) in [7, 11) is 0. The first-order valence-electron chi connectivity index (χ1n) is 10.7. The predicted molar refractivity (Wildman–Crippen MR) is 121 cm³/mol. The standard InChI is InChI=1S/C21H26F2N8O2/c22-15-4-5-31(12-15)20-26-10-16(11-27-20)29-6-8-30(9-7-29)17-3-1-2-14(18(17)23)13-33-21(32)28-19(24)25/h1-3,10-11,15H,4-9,12-13H2,(H4,24,25,28,32)/t15-/m1/s1. The molecule has 0 radical (unpaired) electrons. The van der Waals surface area contributed by atoms with Gasteiger partial charge in [-0.2, -0.15) is 0 Å². The molecule has 0 spiro atoms. The molecule has 2 aliphatic heterocycles. The monoisotopic (exact) mass is 460 g/mol. The van der Waals surface area contributed by atoms with E-state index in [0.717, 1.165) is 5.69 Å². The van der Waals surface area contributed by atoms with Crippen LogP contribution in [-0.4, -0.2) is 67.5 Å². The fourth-order valence-electron chi connectivity index (χ4n) is 3.94. The molecule has 3 heterocycles. The molecule has 12 heteroatoms. The van der Waals surface area contributed by atoms with E-state index in [0.29, 0.717) is 57.3 Å². The van der Waals surface area contributed by atoms with E-state index in [-0.39, 0.29) is 12.2 Å². The van der Waals surface area contributed by atoms with E-state index in [1.807, 2.05) is 9.80 Å². The van der Waals surface area contributed by atoms with Gasteiger partial charge in [0, 0.05) is 38.3 Å². The van der Waals surface area contributed by atoms with Gasteiger partial charge in [-0.1, -0.05) is 12.1 Å². The Morgan fingerprint density at radius 2 is 1.79 bits per heavy atom. The molecule has 2 aliphatic rings. The first-order chi connectivity index (χ1) is 15.9. The second kappa shape index (κ2) is 9.84. The van der Waals surface area contributed by atoms with Gasteiger partial charge in [0.25, 0.3) is 0 Å². The highest BCUT2D eigenvalue weighted by molar-refractivity contribution is 5.87.